The summed E-state index contributed by atoms with van der Waals surface area (Å²) in [4.78, 5) is 61.9. The minimum Gasteiger partial charge on any atom is -0.468 e. The number of hydrogen-bond acceptors (Lipinski definition) is 8. The van der Waals surface area contributed by atoms with E-state index in [4.69, 9.17) is 9.47 Å². The first kappa shape index (κ1) is 49.6. The number of aromatic nitrogens is 2. The molecule has 354 valence electrons. The van der Waals surface area contributed by atoms with E-state index in [9.17, 15) is 19.2 Å². The highest BCUT2D eigenvalue weighted by Gasteiger charge is 2.49. The van der Waals surface area contributed by atoms with E-state index in [-0.39, 0.29) is 54.4 Å². The highest BCUT2D eigenvalue weighted by atomic mass is 16.5. The molecular formula is C55H78N4O6. The highest BCUT2D eigenvalue weighted by Crippen LogP contribution is 2.48. The van der Waals surface area contributed by atoms with Crippen LogP contribution in [0.1, 0.15) is 183 Å². The number of H-pyrrole nitrogens is 2. The third kappa shape index (κ3) is 11.1. The molecule has 2 aromatic heterocycles. The molecule has 1 aliphatic carbocycles. The van der Waals surface area contributed by atoms with E-state index in [0.29, 0.717) is 34.7 Å². The van der Waals surface area contributed by atoms with Crippen LogP contribution in [0.25, 0.3) is 23.8 Å². The van der Waals surface area contributed by atoms with Crippen molar-refractivity contribution >= 4 is 47.3 Å². The van der Waals surface area contributed by atoms with Gasteiger partial charge in [-0.25, -0.2) is 0 Å². The first-order valence-electron chi connectivity index (χ1n) is 24.7. The number of aromatic amines is 2. The van der Waals surface area contributed by atoms with E-state index >= 15 is 0 Å². The largest absolute Gasteiger partial charge is 0.468 e. The second kappa shape index (κ2) is 21.6. The summed E-state index contributed by atoms with van der Waals surface area (Å²) in [6, 6.07) is -0.262. The standard InChI is InChI=1S/C55H78N4O6/c1-13-39-34(7)41-29-46-48(38(11)60)36(9)43(57-46)27-42-35(8)40(52(58-42)50-51(55(63)64-12)54(62)49-37(10)44(59-53(49)50)28-45(39)56-41)23-24-47(61)65-26-25-33(6)22-16-21-32(5)20-15-19-31(4)18-14-17-30(2)3/h25,27-32,35,39-40,42,51,56-59H,13-24,26H2,1-12H3/b33-25-,43-27-,45-28-,46-29-,52-50-/t31-,32-,35+,39-,40+,42?,51-/m1/s1. The molecule has 7 atom stereocenters. The quantitative estimate of drug-likeness (QED) is 0.0446. The molecule has 0 amide bonds. The van der Waals surface area contributed by atoms with E-state index in [0.717, 1.165) is 81.3 Å². The second-order valence-electron chi connectivity index (χ2n) is 20.4. The van der Waals surface area contributed by atoms with Crippen molar-refractivity contribution in [2.24, 2.45) is 41.4 Å². The van der Waals surface area contributed by atoms with Crippen LogP contribution in [0.5, 0.6) is 0 Å². The number of Topliss-reactive ketones (excluding diaryl/α,β-unsaturated/α-hetero) is 2. The monoisotopic (exact) mass is 891 g/mol. The Morgan fingerprint density at radius 1 is 0.862 bits per heavy atom. The lowest BCUT2D eigenvalue weighted by molar-refractivity contribution is -0.143. The van der Waals surface area contributed by atoms with Crippen molar-refractivity contribution in [2.45, 2.75) is 159 Å². The molecule has 0 radical (unpaired) electrons. The molecule has 0 saturated carbocycles. The molecule has 8 bridgehead atoms. The molecule has 0 spiro atoms. The molecule has 4 N–H and O–H groups in total. The van der Waals surface area contributed by atoms with Crippen LogP contribution in [0.15, 0.2) is 34.3 Å². The van der Waals surface area contributed by atoms with Gasteiger partial charge in [0.15, 0.2) is 11.6 Å². The van der Waals surface area contributed by atoms with Crippen LogP contribution in [0.4, 0.5) is 0 Å². The molecule has 2 aromatic rings. The van der Waals surface area contributed by atoms with Gasteiger partial charge in [-0.15, -0.1) is 0 Å². The number of esters is 2. The zero-order valence-corrected chi connectivity index (χ0v) is 41.6. The number of methoxy groups -OCH3 is 1. The second-order valence-corrected chi connectivity index (χ2v) is 20.4. The van der Waals surface area contributed by atoms with Crippen LogP contribution in [0, 0.1) is 55.3 Å². The lowest BCUT2D eigenvalue weighted by atomic mass is 9.83. The number of ether oxygens (including phenoxy) is 2. The normalized spacial score (nSPS) is 25.3. The molecule has 1 saturated heterocycles. The van der Waals surface area contributed by atoms with Crippen LogP contribution in [-0.4, -0.2) is 53.2 Å². The summed E-state index contributed by atoms with van der Waals surface area (Å²) in [7, 11) is 1.31. The van der Waals surface area contributed by atoms with E-state index in [1.165, 1.54) is 57.6 Å². The van der Waals surface area contributed by atoms with Crippen LogP contribution >= 0.6 is 0 Å². The maximum atomic E-state index is 14.4. The summed E-state index contributed by atoms with van der Waals surface area (Å²) < 4.78 is 11.1. The van der Waals surface area contributed by atoms with Crippen molar-refractivity contribution in [3.05, 3.63) is 78.7 Å². The maximum absolute atomic E-state index is 14.4. The average Bonchev–Trinajstić information content (AvgIpc) is 4.00. The number of rotatable bonds is 20. The Morgan fingerprint density at radius 3 is 2.18 bits per heavy atom. The first-order valence-corrected chi connectivity index (χ1v) is 24.7. The van der Waals surface area contributed by atoms with Gasteiger partial charge in [0.25, 0.3) is 0 Å². The molecule has 6 rings (SSSR count). The molecule has 10 heteroatoms. The maximum Gasteiger partial charge on any atom is 0.321 e. The first-order chi connectivity index (χ1) is 30.9. The fourth-order valence-corrected chi connectivity index (χ4v) is 11.0. The minimum absolute atomic E-state index is 0.0291. The molecule has 1 unspecified atom stereocenters. The van der Waals surface area contributed by atoms with Crippen molar-refractivity contribution in [1.82, 2.24) is 20.6 Å². The molecule has 5 heterocycles. The lowest BCUT2D eigenvalue weighted by Crippen LogP contribution is -2.28. The third-order valence-electron chi connectivity index (χ3n) is 15.1. The highest BCUT2D eigenvalue weighted by molar-refractivity contribution is 6.24. The summed E-state index contributed by atoms with van der Waals surface area (Å²) in [5, 5.41) is 8.96. The van der Waals surface area contributed by atoms with Gasteiger partial charge in [-0.05, 0) is 125 Å². The van der Waals surface area contributed by atoms with Gasteiger partial charge in [0.05, 0.1) is 18.2 Å². The van der Waals surface area contributed by atoms with Crippen LogP contribution < -0.4 is 21.3 Å². The van der Waals surface area contributed by atoms with E-state index in [1.54, 1.807) is 6.92 Å². The predicted octanol–water partition coefficient (Wildman–Crippen LogP) is 10.3. The summed E-state index contributed by atoms with van der Waals surface area (Å²) in [5.41, 5.74) is 9.78. The summed E-state index contributed by atoms with van der Waals surface area (Å²) in [6.07, 6.45) is 21.0. The van der Waals surface area contributed by atoms with Crippen molar-refractivity contribution < 1.29 is 28.7 Å². The molecule has 0 aromatic carbocycles. The number of carbonyl (C=O) groups excluding carboxylic acids is 4. The average molecular weight is 891 g/mol. The zero-order chi connectivity index (χ0) is 47.3. The Morgan fingerprint density at radius 2 is 1.54 bits per heavy atom. The van der Waals surface area contributed by atoms with E-state index in [1.807, 2.05) is 26.0 Å². The Kier molecular flexibility index (Phi) is 16.5. The lowest BCUT2D eigenvalue weighted by Gasteiger charge is -2.20. The van der Waals surface area contributed by atoms with Crippen molar-refractivity contribution in [3.63, 3.8) is 0 Å². The van der Waals surface area contributed by atoms with E-state index < -0.39 is 11.9 Å². The topological polar surface area (TPSA) is 142 Å². The van der Waals surface area contributed by atoms with Crippen molar-refractivity contribution in [3.8, 4) is 0 Å². The van der Waals surface area contributed by atoms with Crippen molar-refractivity contribution in [2.75, 3.05) is 13.7 Å². The Hall–Kier alpha value is -4.86. The number of fused-ring (bicyclic) bond motifs is 7. The van der Waals surface area contributed by atoms with Gasteiger partial charge in [-0.3, -0.25) is 19.2 Å². The van der Waals surface area contributed by atoms with Crippen LogP contribution in [-0.2, 0) is 19.1 Å². The van der Waals surface area contributed by atoms with Gasteiger partial charge >= 0.3 is 11.9 Å². The SMILES string of the molecule is CC[C@@H]1C(C)=C2/C=c3\[nH]/c(c(C)c3C(C)=O)=C\C3N/C(=C4\c5[nH]c(c(C)c5C(=O)[C@@H]4C(=O)OC)/C=C/1N2)[C@@H](CCC(=O)OC/C=C(/C)CCC[C@H](C)CCC[C@H](C)CCCC(C)C)[C@@H]3C. The number of ketones is 2. The fraction of sp³-hybridized carbons (Fsp3) is 0.600. The Balaban J connectivity index is 1.22. The van der Waals surface area contributed by atoms with Crippen LogP contribution in [0.3, 0.4) is 0 Å². The molecule has 65 heavy (non-hydrogen) atoms. The van der Waals surface area contributed by atoms with Crippen molar-refractivity contribution in [1.29, 1.82) is 0 Å². The Bertz CT molecular complexity index is 2380. The summed E-state index contributed by atoms with van der Waals surface area (Å²) >= 11 is 0. The third-order valence-corrected chi connectivity index (χ3v) is 15.1. The van der Waals surface area contributed by atoms with Gasteiger partial charge in [-0.2, -0.15) is 0 Å². The molecule has 1 fully saturated rings. The van der Waals surface area contributed by atoms with Gasteiger partial charge in [-0.1, -0.05) is 92.1 Å². The number of nitrogens with one attached hydrogen (secondary N) is 4. The molecule has 3 aliphatic heterocycles. The van der Waals surface area contributed by atoms with Gasteiger partial charge < -0.3 is 30.1 Å². The van der Waals surface area contributed by atoms with Gasteiger partial charge in [0, 0.05) is 69.1 Å². The molecule has 10 nitrogen and oxygen atoms in total. The number of hydrogen-bond donors (Lipinski definition) is 4. The predicted molar refractivity (Wildman–Crippen MR) is 262 cm³/mol. The summed E-state index contributed by atoms with van der Waals surface area (Å²) in [6.45, 7) is 23.6. The number of carbonyl (C=O) groups is 4. The fourth-order valence-electron chi connectivity index (χ4n) is 11.0. The zero-order valence-electron chi connectivity index (χ0n) is 41.6. The van der Waals surface area contributed by atoms with Gasteiger partial charge in [0.1, 0.15) is 12.5 Å². The smallest absolute Gasteiger partial charge is 0.321 e. The summed E-state index contributed by atoms with van der Waals surface area (Å²) in [5.74, 6) is -0.271. The van der Waals surface area contributed by atoms with Gasteiger partial charge in [0.2, 0.25) is 0 Å². The van der Waals surface area contributed by atoms with E-state index in [2.05, 4.69) is 88.1 Å². The van der Waals surface area contributed by atoms with Crippen LogP contribution in [0.2, 0.25) is 0 Å². The molecular weight excluding hydrogens is 813 g/mol. The minimum atomic E-state index is -1.16. The molecule has 4 aliphatic rings. The Labute approximate surface area is 388 Å². The number of allylic oxidation sites excluding steroid dienone is 4.